The van der Waals surface area contributed by atoms with Gasteiger partial charge < -0.3 is 5.32 Å². The predicted molar refractivity (Wildman–Crippen MR) is 117 cm³/mol. The number of anilines is 2. The molecule has 3 nitrogen and oxygen atoms in total. The van der Waals surface area contributed by atoms with E-state index in [4.69, 9.17) is 4.98 Å². The molecule has 0 bridgehead atoms. The number of nitrogens with zero attached hydrogens (tertiary/aromatic N) is 1. The Bertz CT molecular complexity index is 1330. The van der Waals surface area contributed by atoms with E-state index in [0.717, 1.165) is 36.3 Å². The molecule has 0 saturated heterocycles. The van der Waals surface area contributed by atoms with Crippen molar-refractivity contribution in [2.24, 2.45) is 0 Å². The zero-order valence-electron chi connectivity index (χ0n) is 14.1. The van der Waals surface area contributed by atoms with Gasteiger partial charge in [-0.2, -0.15) is 0 Å². The van der Waals surface area contributed by atoms with Gasteiger partial charge in [0.1, 0.15) is 5.69 Å². The molecule has 0 saturated carbocycles. The fourth-order valence-corrected chi connectivity index (χ4v) is 4.58. The number of rotatable bonds is 2. The monoisotopic (exact) mass is 432 g/mol. The highest BCUT2D eigenvalue weighted by Gasteiger charge is 2.20. The van der Waals surface area contributed by atoms with Crippen molar-refractivity contribution >= 4 is 59.6 Å². The van der Waals surface area contributed by atoms with Crippen LogP contribution in [0, 0.1) is 0 Å². The maximum absolute atomic E-state index is 13.3. The molecule has 5 rings (SSSR count). The summed E-state index contributed by atoms with van der Waals surface area (Å²) in [6.07, 6.45) is 0. The van der Waals surface area contributed by atoms with Gasteiger partial charge in [-0.25, -0.2) is 4.98 Å². The largest absolute Gasteiger partial charge is 0.351 e. The molecule has 0 fully saturated rings. The molecule has 0 radical (unpaired) electrons. The second-order valence-corrected chi connectivity index (χ2v) is 8.21. The van der Waals surface area contributed by atoms with Crippen molar-refractivity contribution in [1.29, 1.82) is 0 Å². The quantitative estimate of drug-likeness (QED) is 0.258. The fraction of sp³-hybridized carbons (Fsp3) is 0. The lowest BCUT2D eigenvalue weighted by atomic mass is 10.0. The first-order valence-corrected chi connectivity index (χ1v) is 10.1. The SMILES string of the molecule is O=c1c(Nc2ccc(Br)cc2)c2sc3ccccc3nc-2c2ccccc12. The van der Waals surface area contributed by atoms with Gasteiger partial charge in [-0.15, -0.1) is 11.3 Å². The molecule has 130 valence electrons. The van der Waals surface area contributed by atoms with Crippen LogP contribution < -0.4 is 10.7 Å². The van der Waals surface area contributed by atoms with Crippen molar-refractivity contribution in [3.63, 3.8) is 0 Å². The van der Waals surface area contributed by atoms with Crippen LogP contribution in [0.1, 0.15) is 0 Å². The van der Waals surface area contributed by atoms with Crippen molar-refractivity contribution in [2.75, 3.05) is 5.32 Å². The molecule has 0 amide bonds. The summed E-state index contributed by atoms with van der Waals surface area (Å²) in [6.45, 7) is 0. The molecule has 0 spiro atoms. The lowest BCUT2D eigenvalue weighted by Gasteiger charge is -2.16. The Hall–Kier alpha value is -2.76. The highest BCUT2D eigenvalue weighted by Crippen LogP contribution is 2.40. The average Bonchev–Trinajstić information content (AvgIpc) is 2.71. The van der Waals surface area contributed by atoms with Gasteiger partial charge in [0.05, 0.1) is 20.8 Å². The highest BCUT2D eigenvalue weighted by molar-refractivity contribution is 9.10. The number of para-hydroxylation sites is 1. The minimum Gasteiger partial charge on any atom is -0.351 e. The summed E-state index contributed by atoms with van der Waals surface area (Å²) in [5.74, 6) is 0. The molecule has 1 N–H and O–H groups in total. The van der Waals surface area contributed by atoms with E-state index in [1.54, 1.807) is 11.3 Å². The Morgan fingerprint density at radius 3 is 2.37 bits per heavy atom. The van der Waals surface area contributed by atoms with Crippen LogP contribution in [0.5, 0.6) is 0 Å². The van der Waals surface area contributed by atoms with Gasteiger partial charge in [-0.1, -0.05) is 52.3 Å². The minimum absolute atomic E-state index is 0.00523. The fourth-order valence-electron chi connectivity index (χ4n) is 3.23. The molecule has 0 aromatic heterocycles. The van der Waals surface area contributed by atoms with E-state index in [-0.39, 0.29) is 5.43 Å². The Balaban J connectivity index is 1.87. The van der Waals surface area contributed by atoms with E-state index < -0.39 is 0 Å². The number of nitrogens with one attached hydrogen (secondary N) is 1. The number of benzene rings is 4. The van der Waals surface area contributed by atoms with E-state index in [1.165, 1.54) is 0 Å². The van der Waals surface area contributed by atoms with E-state index in [0.29, 0.717) is 11.1 Å². The molecular weight excluding hydrogens is 420 g/mol. The predicted octanol–water partition coefficient (Wildman–Crippen LogP) is 6.42. The average molecular weight is 433 g/mol. The number of halogens is 1. The molecule has 5 heteroatoms. The molecule has 1 heterocycles. The van der Waals surface area contributed by atoms with Gasteiger partial charge in [-0.05, 0) is 36.4 Å². The number of fused-ring (bicyclic) bond motifs is 4. The Morgan fingerprint density at radius 2 is 1.56 bits per heavy atom. The molecule has 0 atom stereocenters. The van der Waals surface area contributed by atoms with Crippen LogP contribution in [0.15, 0.2) is 82.1 Å². The Kier molecular flexibility index (Phi) is 3.92. The second-order valence-electron chi connectivity index (χ2n) is 6.24. The zero-order chi connectivity index (χ0) is 18.4. The highest BCUT2D eigenvalue weighted by atomic mass is 79.9. The third kappa shape index (κ3) is 2.80. The number of aromatic nitrogens is 1. The molecule has 1 aliphatic carbocycles. The summed E-state index contributed by atoms with van der Waals surface area (Å²) in [7, 11) is 0. The van der Waals surface area contributed by atoms with Crippen molar-refractivity contribution < 1.29 is 0 Å². The van der Waals surface area contributed by atoms with Gasteiger partial charge in [0.2, 0.25) is 5.43 Å². The number of hydrogen-bond acceptors (Lipinski definition) is 4. The van der Waals surface area contributed by atoms with Crippen LogP contribution in [-0.4, -0.2) is 4.98 Å². The first kappa shape index (κ1) is 16.4. The van der Waals surface area contributed by atoms with Crippen molar-refractivity contribution in [2.45, 2.75) is 0 Å². The van der Waals surface area contributed by atoms with E-state index in [9.17, 15) is 4.79 Å². The summed E-state index contributed by atoms with van der Waals surface area (Å²) in [4.78, 5) is 19.0. The lowest BCUT2D eigenvalue weighted by Crippen LogP contribution is -2.11. The van der Waals surface area contributed by atoms with Gasteiger partial charge >= 0.3 is 0 Å². The molecule has 3 aromatic rings. The standard InChI is InChI=1S/C22H13BrN2OS/c23-13-9-11-14(12-10-13)24-20-21(26)16-6-2-1-5-15(16)19-22(20)27-18-8-4-3-7-17(18)25-19/h1-12,24H. The van der Waals surface area contributed by atoms with E-state index >= 15 is 0 Å². The maximum atomic E-state index is 13.3. The van der Waals surface area contributed by atoms with Crippen LogP contribution in [0.4, 0.5) is 11.4 Å². The topological polar surface area (TPSA) is 42.0 Å². The first-order valence-electron chi connectivity index (χ1n) is 8.47. The normalized spacial score (nSPS) is 11.3. The summed E-state index contributed by atoms with van der Waals surface area (Å²) in [5, 5.41) is 4.91. The van der Waals surface area contributed by atoms with Crippen LogP contribution in [-0.2, 0) is 0 Å². The van der Waals surface area contributed by atoms with E-state index in [2.05, 4.69) is 21.2 Å². The van der Waals surface area contributed by atoms with Crippen molar-refractivity contribution in [3.8, 4) is 10.6 Å². The van der Waals surface area contributed by atoms with Gasteiger partial charge in [0.25, 0.3) is 0 Å². The van der Waals surface area contributed by atoms with Gasteiger partial charge in [0.15, 0.2) is 0 Å². The maximum Gasteiger partial charge on any atom is 0.211 e. The van der Waals surface area contributed by atoms with Crippen molar-refractivity contribution in [1.82, 2.24) is 4.98 Å². The lowest BCUT2D eigenvalue weighted by molar-refractivity contribution is 1.43. The molecule has 1 aliphatic heterocycles. The van der Waals surface area contributed by atoms with Crippen LogP contribution >= 0.6 is 27.3 Å². The van der Waals surface area contributed by atoms with Crippen LogP contribution in [0.25, 0.3) is 31.6 Å². The summed E-state index contributed by atoms with van der Waals surface area (Å²) >= 11 is 5.04. The minimum atomic E-state index is -0.00523. The molecule has 3 aromatic carbocycles. The molecule has 27 heavy (non-hydrogen) atoms. The third-order valence-corrected chi connectivity index (χ3v) is 6.21. The summed E-state index contributed by atoms with van der Waals surface area (Å²) < 4.78 is 2.05. The summed E-state index contributed by atoms with van der Waals surface area (Å²) in [5.41, 5.74) is 3.23. The number of hydrogen-bond donors (Lipinski definition) is 1. The molecule has 0 unspecified atom stereocenters. The van der Waals surface area contributed by atoms with Crippen molar-refractivity contribution in [3.05, 3.63) is 87.5 Å². The molecule has 2 aliphatic rings. The summed E-state index contributed by atoms with van der Waals surface area (Å²) in [6, 6.07) is 23.5. The zero-order valence-corrected chi connectivity index (χ0v) is 16.5. The Labute approximate surface area is 167 Å². The first-order chi connectivity index (χ1) is 13.2. The van der Waals surface area contributed by atoms with Gasteiger partial charge in [0, 0.05) is 20.9 Å². The van der Waals surface area contributed by atoms with Crippen LogP contribution in [0.2, 0.25) is 0 Å². The van der Waals surface area contributed by atoms with Crippen LogP contribution in [0.3, 0.4) is 0 Å². The van der Waals surface area contributed by atoms with E-state index in [1.807, 2.05) is 72.8 Å². The molecular formula is C22H13BrN2OS. The van der Waals surface area contributed by atoms with Gasteiger partial charge in [-0.3, -0.25) is 4.79 Å². The smallest absolute Gasteiger partial charge is 0.211 e. The third-order valence-electron chi connectivity index (χ3n) is 4.52. The Morgan fingerprint density at radius 1 is 0.852 bits per heavy atom. The second kappa shape index (κ2) is 6.44.